The van der Waals surface area contributed by atoms with Gasteiger partial charge in [0.1, 0.15) is 4.88 Å². The number of hydrogen-bond acceptors (Lipinski definition) is 6. The number of ketones is 1. The molecule has 0 fully saturated rings. The fourth-order valence-corrected chi connectivity index (χ4v) is 2.77. The van der Waals surface area contributed by atoms with Gasteiger partial charge in [0.25, 0.3) is 0 Å². The van der Waals surface area contributed by atoms with E-state index < -0.39 is 5.97 Å². The zero-order valence-electron chi connectivity index (χ0n) is 12.0. The molecule has 0 bridgehead atoms. The molecule has 0 saturated carbocycles. The number of carbonyl (C=O) groups excluding carboxylic acids is 1. The fraction of sp³-hybridized carbons (Fsp3) is 0.286. The number of pyridine rings is 1. The van der Waals surface area contributed by atoms with Crippen LogP contribution in [-0.4, -0.2) is 33.9 Å². The highest BCUT2D eigenvalue weighted by Crippen LogP contribution is 2.27. The van der Waals surface area contributed by atoms with Gasteiger partial charge in [-0.3, -0.25) is 9.78 Å². The molecule has 0 aromatic carbocycles. The molecule has 0 aliphatic carbocycles. The van der Waals surface area contributed by atoms with Crippen LogP contribution in [0.1, 0.15) is 38.5 Å². The van der Waals surface area contributed by atoms with Crippen molar-refractivity contribution in [2.24, 2.45) is 0 Å². The van der Waals surface area contributed by atoms with Gasteiger partial charge in [-0.15, -0.1) is 0 Å². The predicted molar refractivity (Wildman–Crippen MR) is 80.2 cm³/mol. The van der Waals surface area contributed by atoms with Crippen LogP contribution >= 0.6 is 11.3 Å². The van der Waals surface area contributed by atoms with Gasteiger partial charge in [0.05, 0.1) is 12.2 Å². The number of aryl methyl sites for hydroxylation is 1. The van der Waals surface area contributed by atoms with Crippen molar-refractivity contribution in [1.82, 2.24) is 9.97 Å². The molecule has 2 aromatic rings. The van der Waals surface area contributed by atoms with Crippen LogP contribution in [0.25, 0.3) is 0 Å². The van der Waals surface area contributed by atoms with Gasteiger partial charge in [0, 0.05) is 19.7 Å². The van der Waals surface area contributed by atoms with Crippen molar-refractivity contribution < 1.29 is 14.7 Å². The van der Waals surface area contributed by atoms with Crippen LogP contribution in [0.3, 0.4) is 0 Å². The molecule has 2 rings (SSSR count). The van der Waals surface area contributed by atoms with Crippen molar-refractivity contribution in [3.8, 4) is 0 Å². The Labute approximate surface area is 126 Å². The van der Waals surface area contributed by atoms with Crippen LogP contribution in [0.5, 0.6) is 0 Å². The Morgan fingerprint density at radius 2 is 2.05 bits per heavy atom. The summed E-state index contributed by atoms with van der Waals surface area (Å²) in [7, 11) is 1.79. The van der Waals surface area contributed by atoms with E-state index in [9.17, 15) is 9.59 Å². The fourth-order valence-electron chi connectivity index (χ4n) is 1.85. The SMILES string of the molecule is CC(=O)c1sc(N(C)Cc2cccc(C)n2)nc1C(=O)O. The Balaban J connectivity index is 2.27. The third kappa shape index (κ3) is 3.43. The maximum atomic E-state index is 11.5. The highest BCUT2D eigenvalue weighted by atomic mass is 32.1. The number of aromatic nitrogens is 2. The van der Waals surface area contributed by atoms with Gasteiger partial charge in [-0.1, -0.05) is 17.4 Å². The molecule has 21 heavy (non-hydrogen) atoms. The Morgan fingerprint density at radius 3 is 2.57 bits per heavy atom. The Morgan fingerprint density at radius 1 is 1.33 bits per heavy atom. The Hall–Kier alpha value is -2.28. The van der Waals surface area contributed by atoms with Crippen molar-refractivity contribution in [3.63, 3.8) is 0 Å². The van der Waals surface area contributed by atoms with E-state index >= 15 is 0 Å². The summed E-state index contributed by atoms with van der Waals surface area (Å²) in [5.74, 6) is -1.48. The maximum absolute atomic E-state index is 11.5. The van der Waals surface area contributed by atoms with E-state index in [1.165, 1.54) is 6.92 Å². The lowest BCUT2D eigenvalue weighted by atomic mass is 10.3. The lowest BCUT2D eigenvalue weighted by Gasteiger charge is -2.15. The molecule has 1 N–H and O–H groups in total. The molecule has 0 amide bonds. The molecule has 0 unspecified atom stereocenters. The highest BCUT2D eigenvalue weighted by molar-refractivity contribution is 7.17. The number of carboxylic acid groups (broad SMARTS) is 1. The summed E-state index contributed by atoms with van der Waals surface area (Å²) in [5.41, 5.74) is 1.58. The number of carboxylic acids is 1. The molecular formula is C14H15N3O3S. The van der Waals surface area contributed by atoms with E-state index in [1.54, 1.807) is 11.9 Å². The summed E-state index contributed by atoms with van der Waals surface area (Å²) < 4.78 is 0. The second-order valence-electron chi connectivity index (χ2n) is 4.66. The summed E-state index contributed by atoms with van der Waals surface area (Å²) in [6.07, 6.45) is 0. The first-order chi connectivity index (χ1) is 9.88. The first kappa shape index (κ1) is 15.1. The predicted octanol–water partition coefficient (Wildman–Crippen LogP) is 2.38. The van der Waals surface area contributed by atoms with Crippen molar-refractivity contribution in [1.29, 1.82) is 0 Å². The number of carbonyl (C=O) groups is 2. The first-order valence-corrected chi connectivity index (χ1v) is 7.09. The Kier molecular flexibility index (Phi) is 4.32. The number of rotatable bonds is 5. The van der Waals surface area contributed by atoms with Gasteiger partial charge in [-0.25, -0.2) is 9.78 Å². The minimum atomic E-state index is -1.19. The molecule has 7 heteroatoms. The molecule has 0 atom stereocenters. The molecule has 6 nitrogen and oxygen atoms in total. The number of thiazole rings is 1. The third-order valence-electron chi connectivity index (χ3n) is 2.81. The van der Waals surface area contributed by atoms with Crippen molar-refractivity contribution >= 4 is 28.2 Å². The summed E-state index contributed by atoms with van der Waals surface area (Å²) in [6, 6.07) is 5.71. The van der Waals surface area contributed by atoms with Crippen molar-refractivity contribution in [2.45, 2.75) is 20.4 Å². The zero-order valence-corrected chi connectivity index (χ0v) is 12.8. The molecular weight excluding hydrogens is 290 g/mol. The Bertz CT molecular complexity index is 665. The monoisotopic (exact) mass is 305 g/mol. The number of anilines is 1. The lowest BCUT2D eigenvalue weighted by molar-refractivity contribution is 0.0687. The van der Waals surface area contributed by atoms with E-state index in [4.69, 9.17) is 5.11 Å². The molecule has 110 valence electrons. The summed E-state index contributed by atoms with van der Waals surface area (Å²) in [4.78, 5) is 33.0. The lowest BCUT2D eigenvalue weighted by Crippen LogP contribution is -2.17. The van der Waals surface area contributed by atoms with E-state index in [1.807, 2.05) is 25.1 Å². The largest absolute Gasteiger partial charge is 0.476 e. The number of Topliss-reactive ketones (excluding diaryl/α,β-unsaturated/α-hetero) is 1. The molecule has 2 aromatic heterocycles. The smallest absolute Gasteiger partial charge is 0.356 e. The summed E-state index contributed by atoms with van der Waals surface area (Å²) in [6.45, 7) is 3.74. The van der Waals surface area contributed by atoms with Gasteiger partial charge in [0.15, 0.2) is 16.6 Å². The van der Waals surface area contributed by atoms with Gasteiger partial charge < -0.3 is 10.0 Å². The molecule has 0 aliphatic rings. The second-order valence-corrected chi connectivity index (χ2v) is 5.64. The quantitative estimate of drug-likeness (QED) is 0.854. The topological polar surface area (TPSA) is 83.4 Å². The number of hydrogen-bond donors (Lipinski definition) is 1. The summed E-state index contributed by atoms with van der Waals surface area (Å²) >= 11 is 1.08. The second kappa shape index (κ2) is 6.01. The van der Waals surface area contributed by atoms with Crippen LogP contribution in [0.2, 0.25) is 0 Å². The van der Waals surface area contributed by atoms with Crippen LogP contribution < -0.4 is 4.90 Å². The maximum Gasteiger partial charge on any atom is 0.356 e. The third-order valence-corrected chi connectivity index (χ3v) is 4.08. The zero-order chi connectivity index (χ0) is 15.6. The van der Waals surface area contributed by atoms with Gasteiger partial charge in [0.2, 0.25) is 0 Å². The number of nitrogens with zero attached hydrogens (tertiary/aromatic N) is 3. The van der Waals surface area contributed by atoms with Gasteiger partial charge in [-0.2, -0.15) is 0 Å². The highest BCUT2D eigenvalue weighted by Gasteiger charge is 2.22. The standard InChI is InChI=1S/C14H15N3O3S/c1-8-5-4-6-10(15-8)7-17(3)14-16-11(13(19)20)12(21-14)9(2)18/h4-6H,7H2,1-3H3,(H,19,20). The van der Waals surface area contributed by atoms with Crippen LogP contribution in [0.15, 0.2) is 18.2 Å². The molecule has 0 aliphatic heterocycles. The van der Waals surface area contributed by atoms with E-state index in [-0.39, 0.29) is 16.4 Å². The average Bonchev–Trinajstić information content (AvgIpc) is 2.84. The van der Waals surface area contributed by atoms with E-state index in [0.29, 0.717) is 11.7 Å². The van der Waals surface area contributed by atoms with Gasteiger partial charge in [-0.05, 0) is 19.1 Å². The minimum absolute atomic E-state index is 0.168. The molecule has 0 saturated heterocycles. The molecule has 0 spiro atoms. The van der Waals surface area contributed by atoms with Crippen LogP contribution in [-0.2, 0) is 6.54 Å². The minimum Gasteiger partial charge on any atom is -0.476 e. The van der Waals surface area contributed by atoms with E-state index in [0.717, 1.165) is 22.7 Å². The van der Waals surface area contributed by atoms with Crippen molar-refractivity contribution in [2.75, 3.05) is 11.9 Å². The summed E-state index contributed by atoms with van der Waals surface area (Å²) in [5, 5.41) is 9.58. The normalized spacial score (nSPS) is 10.4. The van der Waals surface area contributed by atoms with Crippen LogP contribution in [0, 0.1) is 6.92 Å². The first-order valence-electron chi connectivity index (χ1n) is 6.27. The van der Waals surface area contributed by atoms with Crippen molar-refractivity contribution in [3.05, 3.63) is 40.2 Å². The van der Waals surface area contributed by atoms with E-state index in [2.05, 4.69) is 9.97 Å². The van der Waals surface area contributed by atoms with Gasteiger partial charge >= 0.3 is 5.97 Å². The molecule has 2 heterocycles. The van der Waals surface area contributed by atoms with Crippen LogP contribution in [0.4, 0.5) is 5.13 Å². The average molecular weight is 305 g/mol. The number of aromatic carboxylic acids is 1. The molecule has 0 radical (unpaired) electrons.